The van der Waals surface area contributed by atoms with E-state index < -0.39 is 17.2 Å². The zero-order valence-electron chi connectivity index (χ0n) is 9.98. The lowest BCUT2D eigenvalue weighted by Crippen LogP contribution is -2.38. The molecule has 0 heterocycles. The van der Waals surface area contributed by atoms with Crippen molar-refractivity contribution in [1.29, 1.82) is 0 Å². The van der Waals surface area contributed by atoms with Crippen LogP contribution in [0.2, 0.25) is 0 Å². The van der Waals surface area contributed by atoms with E-state index in [9.17, 15) is 13.9 Å². The number of hydrogen-bond donors (Lipinski definition) is 2. The average Bonchev–Trinajstić information content (AvgIpc) is 2.33. The summed E-state index contributed by atoms with van der Waals surface area (Å²) in [5.41, 5.74) is -0.705. The molecule has 1 aliphatic rings. The van der Waals surface area contributed by atoms with Crippen LogP contribution >= 0.6 is 15.9 Å². The van der Waals surface area contributed by atoms with Gasteiger partial charge in [0.25, 0.3) is 0 Å². The first-order valence-electron chi connectivity index (χ1n) is 6.11. The Morgan fingerprint density at radius 2 is 1.83 bits per heavy atom. The van der Waals surface area contributed by atoms with Crippen molar-refractivity contribution in [2.24, 2.45) is 0 Å². The highest BCUT2D eigenvalue weighted by Gasteiger charge is 2.29. The second kappa shape index (κ2) is 5.53. The smallest absolute Gasteiger partial charge is 0.147 e. The standard InChI is InChI=1S/C13H16BrF2NO/c14-9-6-11(16)12(7-10(9)15)17-8-13(18)4-2-1-3-5-13/h6-7,17-18H,1-5,8H2. The van der Waals surface area contributed by atoms with Crippen molar-refractivity contribution in [3.8, 4) is 0 Å². The molecule has 100 valence electrons. The van der Waals surface area contributed by atoms with E-state index in [1.165, 1.54) is 0 Å². The molecular weight excluding hydrogens is 304 g/mol. The van der Waals surface area contributed by atoms with Gasteiger partial charge in [0, 0.05) is 12.6 Å². The van der Waals surface area contributed by atoms with Gasteiger partial charge < -0.3 is 10.4 Å². The van der Waals surface area contributed by atoms with Crippen LogP contribution in [-0.2, 0) is 0 Å². The summed E-state index contributed by atoms with van der Waals surface area (Å²) < 4.78 is 27.0. The molecule has 2 N–H and O–H groups in total. The Bertz CT molecular complexity index is 433. The van der Waals surface area contributed by atoms with Crippen molar-refractivity contribution in [3.05, 3.63) is 28.2 Å². The Morgan fingerprint density at radius 3 is 2.50 bits per heavy atom. The summed E-state index contributed by atoms with van der Waals surface area (Å²) in [4.78, 5) is 0. The largest absolute Gasteiger partial charge is 0.388 e. The predicted molar refractivity (Wildman–Crippen MR) is 70.6 cm³/mol. The molecular formula is C13H16BrF2NO. The third-order valence-corrected chi connectivity index (χ3v) is 4.01. The van der Waals surface area contributed by atoms with Crippen LogP contribution in [0.15, 0.2) is 16.6 Å². The van der Waals surface area contributed by atoms with Crippen molar-refractivity contribution in [1.82, 2.24) is 0 Å². The Kier molecular flexibility index (Phi) is 4.22. The van der Waals surface area contributed by atoms with E-state index in [-0.39, 0.29) is 16.7 Å². The molecule has 0 unspecified atom stereocenters. The zero-order chi connectivity index (χ0) is 13.2. The first kappa shape index (κ1) is 13.7. The lowest BCUT2D eigenvalue weighted by molar-refractivity contribution is 0.0167. The van der Waals surface area contributed by atoms with Crippen LogP contribution in [0.25, 0.3) is 0 Å². The molecule has 1 saturated carbocycles. The van der Waals surface area contributed by atoms with E-state index in [0.717, 1.165) is 31.4 Å². The fourth-order valence-electron chi connectivity index (χ4n) is 2.30. The molecule has 2 rings (SSSR count). The second-order valence-electron chi connectivity index (χ2n) is 4.88. The molecule has 1 aromatic rings. The number of anilines is 1. The highest BCUT2D eigenvalue weighted by atomic mass is 79.9. The molecule has 0 amide bonds. The number of hydrogen-bond acceptors (Lipinski definition) is 2. The van der Waals surface area contributed by atoms with Gasteiger partial charge in [0.05, 0.1) is 15.8 Å². The molecule has 1 aliphatic carbocycles. The van der Waals surface area contributed by atoms with Crippen molar-refractivity contribution < 1.29 is 13.9 Å². The van der Waals surface area contributed by atoms with Crippen LogP contribution in [0, 0.1) is 11.6 Å². The lowest BCUT2D eigenvalue weighted by Gasteiger charge is -2.32. The Balaban J connectivity index is 2.03. The van der Waals surface area contributed by atoms with Crippen molar-refractivity contribution in [2.45, 2.75) is 37.7 Å². The van der Waals surface area contributed by atoms with Gasteiger partial charge in [-0.05, 0) is 34.8 Å². The number of aliphatic hydroxyl groups is 1. The van der Waals surface area contributed by atoms with Gasteiger partial charge in [0.2, 0.25) is 0 Å². The SMILES string of the molecule is OC1(CNc2cc(F)c(Br)cc2F)CCCCC1. The molecule has 0 atom stereocenters. The van der Waals surface area contributed by atoms with E-state index in [4.69, 9.17) is 0 Å². The van der Waals surface area contributed by atoms with E-state index in [1.807, 2.05) is 0 Å². The highest BCUT2D eigenvalue weighted by Crippen LogP contribution is 2.29. The van der Waals surface area contributed by atoms with E-state index in [1.54, 1.807) is 0 Å². The molecule has 5 heteroatoms. The molecule has 0 radical (unpaired) electrons. The topological polar surface area (TPSA) is 32.3 Å². The van der Waals surface area contributed by atoms with E-state index in [0.29, 0.717) is 12.8 Å². The summed E-state index contributed by atoms with van der Waals surface area (Å²) in [6, 6.07) is 2.19. The van der Waals surface area contributed by atoms with E-state index >= 15 is 0 Å². The third-order valence-electron chi connectivity index (χ3n) is 3.40. The van der Waals surface area contributed by atoms with Crippen LogP contribution in [0.1, 0.15) is 32.1 Å². The fourth-order valence-corrected chi connectivity index (χ4v) is 2.62. The summed E-state index contributed by atoms with van der Waals surface area (Å²) in [5, 5.41) is 13.1. The van der Waals surface area contributed by atoms with Gasteiger partial charge >= 0.3 is 0 Å². The number of benzene rings is 1. The average molecular weight is 320 g/mol. The molecule has 1 aromatic carbocycles. The normalized spacial score (nSPS) is 18.7. The predicted octanol–water partition coefficient (Wildman–Crippen LogP) is 3.83. The summed E-state index contributed by atoms with van der Waals surface area (Å²) in [6.07, 6.45) is 4.51. The fraction of sp³-hybridized carbons (Fsp3) is 0.538. The number of rotatable bonds is 3. The van der Waals surface area contributed by atoms with E-state index in [2.05, 4.69) is 21.2 Å². The van der Waals surface area contributed by atoms with Crippen molar-refractivity contribution in [3.63, 3.8) is 0 Å². The van der Waals surface area contributed by atoms with Gasteiger partial charge in [-0.1, -0.05) is 19.3 Å². The minimum Gasteiger partial charge on any atom is -0.388 e. The molecule has 1 fully saturated rings. The first-order chi connectivity index (χ1) is 8.50. The molecule has 0 aromatic heterocycles. The summed E-state index contributed by atoms with van der Waals surface area (Å²) in [7, 11) is 0. The lowest BCUT2D eigenvalue weighted by atomic mass is 9.85. The molecule has 0 spiro atoms. The summed E-state index contributed by atoms with van der Waals surface area (Å²) >= 11 is 2.93. The molecule has 18 heavy (non-hydrogen) atoms. The number of nitrogens with one attached hydrogen (secondary N) is 1. The van der Waals surface area contributed by atoms with Gasteiger partial charge in [-0.25, -0.2) is 8.78 Å². The molecule has 0 saturated heterocycles. The van der Waals surface area contributed by atoms with Gasteiger partial charge in [-0.15, -0.1) is 0 Å². The molecule has 0 bridgehead atoms. The van der Waals surface area contributed by atoms with Gasteiger partial charge in [0.1, 0.15) is 11.6 Å². The minimum absolute atomic E-state index is 0.0923. The van der Waals surface area contributed by atoms with Gasteiger partial charge in [-0.3, -0.25) is 0 Å². The van der Waals surface area contributed by atoms with Crippen LogP contribution in [0.5, 0.6) is 0 Å². The first-order valence-corrected chi connectivity index (χ1v) is 6.90. The minimum atomic E-state index is -0.797. The summed E-state index contributed by atoms with van der Waals surface area (Å²) in [6.45, 7) is 0.255. The monoisotopic (exact) mass is 319 g/mol. The van der Waals surface area contributed by atoms with Crippen LogP contribution < -0.4 is 5.32 Å². The maximum atomic E-state index is 13.6. The highest BCUT2D eigenvalue weighted by molar-refractivity contribution is 9.10. The maximum absolute atomic E-state index is 13.6. The van der Waals surface area contributed by atoms with Crippen molar-refractivity contribution >= 4 is 21.6 Å². The third kappa shape index (κ3) is 3.20. The number of halogens is 3. The Hall–Kier alpha value is -0.680. The van der Waals surface area contributed by atoms with Gasteiger partial charge in [-0.2, -0.15) is 0 Å². The zero-order valence-corrected chi connectivity index (χ0v) is 11.6. The maximum Gasteiger partial charge on any atom is 0.147 e. The van der Waals surface area contributed by atoms with Crippen LogP contribution in [0.3, 0.4) is 0 Å². The van der Waals surface area contributed by atoms with Crippen LogP contribution in [-0.4, -0.2) is 17.3 Å². The molecule has 2 nitrogen and oxygen atoms in total. The molecule has 0 aliphatic heterocycles. The van der Waals surface area contributed by atoms with Gasteiger partial charge in [0.15, 0.2) is 0 Å². The van der Waals surface area contributed by atoms with Crippen molar-refractivity contribution in [2.75, 3.05) is 11.9 Å². The Labute approximate surface area is 114 Å². The quantitative estimate of drug-likeness (QED) is 0.830. The Morgan fingerprint density at radius 1 is 1.17 bits per heavy atom. The summed E-state index contributed by atoms with van der Waals surface area (Å²) in [5.74, 6) is -1.04. The van der Waals surface area contributed by atoms with Crippen LogP contribution in [0.4, 0.5) is 14.5 Å². The second-order valence-corrected chi connectivity index (χ2v) is 5.74.